The minimum Gasteiger partial charge on any atom is -0.493 e. The van der Waals surface area contributed by atoms with Gasteiger partial charge in [-0.15, -0.1) is 0 Å². The van der Waals surface area contributed by atoms with Crippen LogP contribution in [0.3, 0.4) is 0 Å². The second-order valence-electron chi connectivity index (χ2n) is 4.72. The fourth-order valence-electron chi connectivity index (χ4n) is 1.67. The first-order valence-corrected chi connectivity index (χ1v) is 7.28. The van der Waals surface area contributed by atoms with Crippen molar-refractivity contribution in [3.63, 3.8) is 0 Å². The van der Waals surface area contributed by atoms with Gasteiger partial charge in [0.2, 0.25) is 0 Å². The molecule has 0 spiro atoms. The Balaban J connectivity index is 2.54. The minimum atomic E-state index is -4.61. The van der Waals surface area contributed by atoms with E-state index in [1.807, 2.05) is 0 Å². The van der Waals surface area contributed by atoms with Crippen LogP contribution in [0, 0.1) is 0 Å². The second kappa shape index (κ2) is 9.49. The zero-order chi connectivity index (χ0) is 19.7. The summed E-state index contributed by atoms with van der Waals surface area (Å²) in [7, 11) is 1.42. The van der Waals surface area contributed by atoms with E-state index >= 15 is 0 Å². The van der Waals surface area contributed by atoms with Crippen molar-refractivity contribution in [3.8, 4) is 11.5 Å². The first-order valence-electron chi connectivity index (χ1n) is 7.28. The molecule has 0 aliphatic rings. The van der Waals surface area contributed by atoms with E-state index in [9.17, 15) is 27.6 Å². The summed E-state index contributed by atoms with van der Waals surface area (Å²) in [5, 5.41) is 3.04. The van der Waals surface area contributed by atoms with E-state index in [-0.39, 0.29) is 5.56 Å². The second-order valence-corrected chi connectivity index (χ2v) is 4.72. The minimum absolute atomic E-state index is 0.0589. The molecule has 0 unspecified atom stereocenters. The van der Waals surface area contributed by atoms with Crippen LogP contribution >= 0.6 is 0 Å². The molecule has 1 aromatic rings. The summed E-state index contributed by atoms with van der Waals surface area (Å²) in [5.41, 5.74) is 0.0589. The number of ether oxygens (including phenoxy) is 3. The summed E-state index contributed by atoms with van der Waals surface area (Å²) >= 11 is 0. The summed E-state index contributed by atoms with van der Waals surface area (Å²) < 4.78 is 50.8. The maximum Gasteiger partial charge on any atom is 0.405 e. The molecule has 144 valence electrons. The standard InChI is InChI=1S/C15H17F3N2O6/c1-3-25-11-6-9(4-5-10(11)24-2)13(22)26-7-12(21)20-14(23)19-8-15(16,17)18/h4-6H,3,7-8H2,1-2H3,(H2,19,20,21,23). The van der Waals surface area contributed by atoms with E-state index in [2.05, 4.69) is 0 Å². The van der Waals surface area contributed by atoms with Crippen LogP contribution in [-0.4, -0.2) is 51.0 Å². The molecule has 0 bridgehead atoms. The van der Waals surface area contributed by atoms with Crippen LogP contribution in [0.2, 0.25) is 0 Å². The molecule has 2 N–H and O–H groups in total. The van der Waals surface area contributed by atoms with E-state index in [0.717, 1.165) is 0 Å². The van der Waals surface area contributed by atoms with Crippen molar-refractivity contribution < 1.29 is 41.8 Å². The van der Waals surface area contributed by atoms with Crippen molar-refractivity contribution in [2.45, 2.75) is 13.1 Å². The van der Waals surface area contributed by atoms with Gasteiger partial charge in [0.25, 0.3) is 5.91 Å². The Morgan fingerprint density at radius 2 is 1.85 bits per heavy atom. The number of imide groups is 1. The van der Waals surface area contributed by atoms with E-state index in [1.165, 1.54) is 30.6 Å². The molecule has 26 heavy (non-hydrogen) atoms. The zero-order valence-corrected chi connectivity index (χ0v) is 13.9. The highest BCUT2D eigenvalue weighted by atomic mass is 19.4. The van der Waals surface area contributed by atoms with Crippen molar-refractivity contribution >= 4 is 17.9 Å². The number of nitrogens with one attached hydrogen (secondary N) is 2. The van der Waals surface area contributed by atoms with Crippen LogP contribution in [0.25, 0.3) is 0 Å². The van der Waals surface area contributed by atoms with E-state index < -0.39 is 37.2 Å². The lowest BCUT2D eigenvalue weighted by Crippen LogP contribution is -2.44. The number of benzene rings is 1. The maximum atomic E-state index is 11.9. The molecule has 0 aliphatic heterocycles. The van der Waals surface area contributed by atoms with Crippen LogP contribution in [0.1, 0.15) is 17.3 Å². The molecule has 0 atom stereocenters. The number of hydrogen-bond acceptors (Lipinski definition) is 6. The summed E-state index contributed by atoms with van der Waals surface area (Å²) in [4.78, 5) is 34.4. The third-order valence-corrected chi connectivity index (χ3v) is 2.74. The molecule has 0 aromatic heterocycles. The molecule has 3 amide bonds. The highest BCUT2D eigenvalue weighted by molar-refractivity contribution is 5.97. The Labute approximate surface area is 146 Å². The van der Waals surface area contributed by atoms with Crippen LogP contribution in [0.5, 0.6) is 11.5 Å². The molecule has 0 radical (unpaired) electrons. The van der Waals surface area contributed by atoms with Crippen LogP contribution < -0.4 is 20.1 Å². The van der Waals surface area contributed by atoms with Crippen LogP contribution in [-0.2, 0) is 9.53 Å². The average Bonchev–Trinajstić information content (AvgIpc) is 2.57. The molecular formula is C15H17F3N2O6. The number of amides is 3. The predicted octanol–water partition coefficient (Wildman–Crippen LogP) is 1.64. The van der Waals surface area contributed by atoms with Crippen LogP contribution in [0.15, 0.2) is 18.2 Å². The number of alkyl halides is 3. The summed E-state index contributed by atoms with van der Waals surface area (Å²) in [5.74, 6) is -1.29. The highest BCUT2D eigenvalue weighted by Crippen LogP contribution is 2.28. The molecule has 0 aliphatic carbocycles. The van der Waals surface area contributed by atoms with Gasteiger partial charge in [-0.05, 0) is 25.1 Å². The molecule has 0 saturated carbocycles. The normalized spacial score (nSPS) is 10.7. The number of rotatable bonds is 7. The largest absolute Gasteiger partial charge is 0.493 e. The number of esters is 1. The molecule has 8 nitrogen and oxygen atoms in total. The number of hydrogen-bond donors (Lipinski definition) is 2. The SMILES string of the molecule is CCOc1cc(C(=O)OCC(=O)NC(=O)NCC(F)(F)F)ccc1OC. The Morgan fingerprint density at radius 1 is 1.15 bits per heavy atom. The lowest BCUT2D eigenvalue weighted by Gasteiger charge is -2.11. The molecule has 0 heterocycles. The van der Waals surface area contributed by atoms with E-state index in [4.69, 9.17) is 14.2 Å². The summed E-state index contributed by atoms with van der Waals surface area (Å²) in [6, 6.07) is 2.83. The smallest absolute Gasteiger partial charge is 0.405 e. The van der Waals surface area contributed by atoms with Gasteiger partial charge in [0.15, 0.2) is 18.1 Å². The Hall–Kier alpha value is -2.98. The monoisotopic (exact) mass is 378 g/mol. The predicted molar refractivity (Wildman–Crippen MR) is 82.0 cm³/mol. The first kappa shape index (κ1) is 21.1. The van der Waals surface area contributed by atoms with E-state index in [1.54, 1.807) is 12.2 Å². The highest BCUT2D eigenvalue weighted by Gasteiger charge is 2.28. The molecule has 0 fully saturated rings. The van der Waals surface area contributed by atoms with Crippen molar-refractivity contribution in [3.05, 3.63) is 23.8 Å². The van der Waals surface area contributed by atoms with Gasteiger partial charge < -0.3 is 19.5 Å². The third-order valence-electron chi connectivity index (χ3n) is 2.74. The first-order chi connectivity index (χ1) is 12.2. The van der Waals surface area contributed by atoms with Gasteiger partial charge in [0, 0.05) is 0 Å². The number of carbonyl (C=O) groups is 3. The number of methoxy groups -OCH3 is 1. The van der Waals surface area contributed by atoms with Gasteiger partial charge in [0.05, 0.1) is 19.3 Å². The maximum absolute atomic E-state index is 11.9. The van der Waals surface area contributed by atoms with Crippen molar-refractivity contribution in [2.24, 2.45) is 0 Å². The quantitative estimate of drug-likeness (QED) is 0.700. The average molecular weight is 378 g/mol. The van der Waals surface area contributed by atoms with Crippen molar-refractivity contribution in [1.29, 1.82) is 0 Å². The van der Waals surface area contributed by atoms with Gasteiger partial charge in [-0.1, -0.05) is 0 Å². The van der Waals surface area contributed by atoms with E-state index in [0.29, 0.717) is 18.1 Å². The molecule has 1 aromatic carbocycles. The van der Waals surface area contributed by atoms with Gasteiger partial charge in [-0.3, -0.25) is 10.1 Å². The number of halogens is 3. The molecular weight excluding hydrogens is 361 g/mol. The topological polar surface area (TPSA) is 103 Å². The van der Waals surface area contributed by atoms with Gasteiger partial charge in [-0.25, -0.2) is 9.59 Å². The number of urea groups is 1. The summed E-state index contributed by atoms with van der Waals surface area (Å²) in [6.07, 6.45) is -4.61. The molecule has 1 rings (SSSR count). The fourth-order valence-corrected chi connectivity index (χ4v) is 1.67. The molecule has 11 heteroatoms. The molecule has 0 saturated heterocycles. The van der Waals surface area contributed by atoms with Gasteiger partial charge >= 0.3 is 18.2 Å². The lowest BCUT2D eigenvalue weighted by atomic mass is 10.2. The van der Waals surface area contributed by atoms with Crippen molar-refractivity contribution in [1.82, 2.24) is 10.6 Å². The van der Waals surface area contributed by atoms with Gasteiger partial charge in [0.1, 0.15) is 6.54 Å². The Bertz CT molecular complexity index is 663. The third kappa shape index (κ3) is 7.28. The Morgan fingerprint density at radius 3 is 2.42 bits per heavy atom. The zero-order valence-electron chi connectivity index (χ0n) is 13.9. The number of carbonyl (C=O) groups excluding carboxylic acids is 3. The lowest BCUT2D eigenvalue weighted by molar-refractivity contribution is -0.125. The van der Waals surface area contributed by atoms with Crippen molar-refractivity contribution in [2.75, 3.05) is 26.9 Å². The fraction of sp³-hybridized carbons (Fsp3) is 0.400. The van der Waals surface area contributed by atoms with Crippen LogP contribution in [0.4, 0.5) is 18.0 Å². The van der Waals surface area contributed by atoms with Gasteiger partial charge in [-0.2, -0.15) is 13.2 Å². The Kier molecular flexibility index (Phi) is 7.69. The summed E-state index contributed by atoms with van der Waals surface area (Å²) in [6.45, 7) is -0.394.